The number of nitrogens with one attached hydrogen (secondary N) is 1. The lowest BCUT2D eigenvalue weighted by atomic mass is 10.1. The van der Waals surface area contributed by atoms with Crippen LogP contribution in [-0.2, 0) is 9.59 Å². The molecule has 0 aromatic carbocycles. The van der Waals surface area contributed by atoms with Crippen molar-refractivity contribution < 1.29 is 9.59 Å². The van der Waals surface area contributed by atoms with Crippen LogP contribution < -0.4 is 5.32 Å². The van der Waals surface area contributed by atoms with Crippen molar-refractivity contribution in [3.8, 4) is 0 Å². The van der Waals surface area contributed by atoms with Crippen molar-refractivity contribution in [3.63, 3.8) is 0 Å². The number of ketones is 1. The third-order valence-electron chi connectivity index (χ3n) is 2.58. The third-order valence-corrected chi connectivity index (χ3v) is 2.58. The van der Waals surface area contributed by atoms with Crippen molar-refractivity contribution in [2.24, 2.45) is 0 Å². The summed E-state index contributed by atoms with van der Waals surface area (Å²) in [5.74, 6) is 0.285. The summed E-state index contributed by atoms with van der Waals surface area (Å²) in [6.45, 7) is 5.85. The lowest BCUT2D eigenvalue weighted by molar-refractivity contribution is -0.130. The van der Waals surface area contributed by atoms with Gasteiger partial charge in [-0.2, -0.15) is 0 Å². The largest absolute Gasteiger partial charge is 0.353 e. The lowest BCUT2D eigenvalue weighted by Gasteiger charge is -2.34. The summed E-state index contributed by atoms with van der Waals surface area (Å²) < 4.78 is 0. The molecule has 14 heavy (non-hydrogen) atoms. The first-order valence-corrected chi connectivity index (χ1v) is 5.16. The number of carbonyl (C=O) groups is 2. The van der Waals surface area contributed by atoms with Gasteiger partial charge in [-0.1, -0.05) is 6.92 Å². The van der Waals surface area contributed by atoms with Gasteiger partial charge in [0.15, 0.2) is 0 Å². The van der Waals surface area contributed by atoms with Crippen molar-refractivity contribution in [3.05, 3.63) is 0 Å². The second-order valence-electron chi connectivity index (χ2n) is 3.70. The molecular formula is C10H18N2O2. The molecule has 4 heteroatoms. The Bertz CT molecular complexity index is 228. The molecule has 1 amide bonds. The van der Waals surface area contributed by atoms with Crippen molar-refractivity contribution in [1.82, 2.24) is 10.2 Å². The van der Waals surface area contributed by atoms with E-state index in [0.29, 0.717) is 19.5 Å². The first-order valence-electron chi connectivity index (χ1n) is 5.16. The van der Waals surface area contributed by atoms with Crippen molar-refractivity contribution in [2.75, 3.05) is 19.6 Å². The Labute approximate surface area is 84.7 Å². The van der Waals surface area contributed by atoms with Crippen LogP contribution >= 0.6 is 0 Å². The Balaban J connectivity index is 2.47. The van der Waals surface area contributed by atoms with Crippen LogP contribution in [-0.4, -0.2) is 42.3 Å². The van der Waals surface area contributed by atoms with Gasteiger partial charge in [0.05, 0.1) is 6.04 Å². The van der Waals surface area contributed by atoms with Crippen molar-refractivity contribution in [1.29, 1.82) is 0 Å². The van der Waals surface area contributed by atoms with E-state index in [1.165, 1.54) is 0 Å². The second kappa shape index (κ2) is 5.10. The Morgan fingerprint density at radius 1 is 1.64 bits per heavy atom. The number of amides is 1. The average Bonchev–Trinajstić information content (AvgIpc) is 2.14. The van der Waals surface area contributed by atoms with Gasteiger partial charge in [0.2, 0.25) is 5.91 Å². The number of nitrogens with zero attached hydrogens (tertiary/aromatic N) is 1. The van der Waals surface area contributed by atoms with Gasteiger partial charge in [-0.25, -0.2) is 0 Å². The van der Waals surface area contributed by atoms with Gasteiger partial charge in [0.25, 0.3) is 0 Å². The van der Waals surface area contributed by atoms with Crippen LogP contribution in [0.4, 0.5) is 0 Å². The molecule has 1 aliphatic rings. The smallest absolute Gasteiger partial charge is 0.237 e. The Kier molecular flexibility index (Phi) is 4.07. The maximum Gasteiger partial charge on any atom is 0.237 e. The molecular weight excluding hydrogens is 180 g/mol. The second-order valence-corrected chi connectivity index (χ2v) is 3.70. The van der Waals surface area contributed by atoms with Gasteiger partial charge in [-0.3, -0.25) is 14.5 Å². The number of hydrogen-bond donors (Lipinski definition) is 1. The molecule has 80 valence electrons. The van der Waals surface area contributed by atoms with Crippen LogP contribution in [0.15, 0.2) is 0 Å². The van der Waals surface area contributed by atoms with Crippen LogP contribution in [0.2, 0.25) is 0 Å². The fourth-order valence-corrected chi connectivity index (χ4v) is 1.77. The van der Waals surface area contributed by atoms with Crippen LogP contribution in [0.5, 0.6) is 0 Å². The maximum atomic E-state index is 11.4. The molecule has 0 bridgehead atoms. The summed E-state index contributed by atoms with van der Waals surface area (Å²) >= 11 is 0. The van der Waals surface area contributed by atoms with Gasteiger partial charge in [0.1, 0.15) is 5.78 Å². The predicted molar refractivity (Wildman–Crippen MR) is 54.0 cm³/mol. The molecule has 4 nitrogen and oxygen atoms in total. The molecule has 0 radical (unpaired) electrons. The topological polar surface area (TPSA) is 49.4 Å². The van der Waals surface area contributed by atoms with E-state index in [1.807, 2.05) is 6.92 Å². The van der Waals surface area contributed by atoms with Crippen LogP contribution in [0.25, 0.3) is 0 Å². The zero-order valence-corrected chi connectivity index (χ0v) is 8.88. The SMILES string of the molecule is CCC1C(=O)NCCN1CCC(C)=O. The molecule has 1 unspecified atom stereocenters. The summed E-state index contributed by atoms with van der Waals surface area (Å²) in [6, 6.07) is -0.0388. The lowest BCUT2D eigenvalue weighted by Crippen LogP contribution is -2.55. The molecule has 1 fully saturated rings. The van der Waals surface area contributed by atoms with E-state index < -0.39 is 0 Å². The monoisotopic (exact) mass is 198 g/mol. The zero-order chi connectivity index (χ0) is 10.6. The molecule has 0 aliphatic carbocycles. The molecule has 1 rings (SSSR count). The van der Waals surface area contributed by atoms with E-state index in [0.717, 1.165) is 13.0 Å². The summed E-state index contributed by atoms with van der Waals surface area (Å²) in [5, 5.41) is 2.84. The number of carbonyl (C=O) groups excluding carboxylic acids is 2. The molecule has 0 saturated carbocycles. The fraction of sp³-hybridized carbons (Fsp3) is 0.800. The summed E-state index contributed by atoms with van der Waals surface area (Å²) in [6.07, 6.45) is 1.35. The number of rotatable bonds is 4. The van der Waals surface area contributed by atoms with Gasteiger partial charge >= 0.3 is 0 Å². The zero-order valence-electron chi connectivity index (χ0n) is 8.88. The predicted octanol–water partition coefficient (Wildman–Crippen LogP) is 0.176. The van der Waals surface area contributed by atoms with E-state index in [1.54, 1.807) is 6.92 Å². The summed E-state index contributed by atoms with van der Waals surface area (Å²) in [4.78, 5) is 24.4. The van der Waals surface area contributed by atoms with Gasteiger partial charge in [-0.05, 0) is 13.3 Å². The summed E-state index contributed by atoms with van der Waals surface area (Å²) in [5.41, 5.74) is 0. The molecule has 1 atom stereocenters. The standard InChI is InChI=1S/C10H18N2O2/c1-3-9-10(14)11-5-7-12(9)6-4-8(2)13/h9H,3-7H2,1-2H3,(H,11,14). The minimum absolute atomic E-state index is 0.0388. The average molecular weight is 198 g/mol. The van der Waals surface area contributed by atoms with Crippen molar-refractivity contribution >= 4 is 11.7 Å². The fourth-order valence-electron chi connectivity index (χ4n) is 1.77. The molecule has 0 spiro atoms. The minimum atomic E-state index is -0.0388. The Morgan fingerprint density at radius 3 is 2.93 bits per heavy atom. The summed E-state index contributed by atoms with van der Waals surface area (Å²) in [7, 11) is 0. The molecule has 1 saturated heterocycles. The Morgan fingerprint density at radius 2 is 2.36 bits per heavy atom. The molecule has 1 aliphatic heterocycles. The van der Waals surface area contributed by atoms with Gasteiger partial charge in [0, 0.05) is 26.1 Å². The molecule has 1 N–H and O–H groups in total. The molecule has 0 aromatic rings. The quantitative estimate of drug-likeness (QED) is 0.701. The highest BCUT2D eigenvalue weighted by atomic mass is 16.2. The van der Waals surface area contributed by atoms with Gasteiger partial charge < -0.3 is 5.32 Å². The maximum absolute atomic E-state index is 11.4. The molecule has 1 heterocycles. The van der Waals surface area contributed by atoms with Crippen LogP contribution in [0.3, 0.4) is 0 Å². The normalized spacial score (nSPS) is 23.3. The molecule has 0 aromatic heterocycles. The first kappa shape index (κ1) is 11.2. The Hall–Kier alpha value is -0.900. The number of Topliss-reactive ketones (excluding diaryl/α,β-unsaturated/α-hetero) is 1. The number of piperazine rings is 1. The third kappa shape index (κ3) is 2.80. The van der Waals surface area contributed by atoms with E-state index in [4.69, 9.17) is 0 Å². The number of hydrogen-bond acceptors (Lipinski definition) is 3. The highest BCUT2D eigenvalue weighted by molar-refractivity contribution is 5.82. The highest BCUT2D eigenvalue weighted by Crippen LogP contribution is 2.08. The van der Waals surface area contributed by atoms with Gasteiger partial charge in [-0.15, -0.1) is 0 Å². The van der Waals surface area contributed by atoms with E-state index in [9.17, 15) is 9.59 Å². The van der Waals surface area contributed by atoms with E-state index in [2.05, 4.69) is 10.2 Å². The van der Waals surface area contributed by atoms with Crippen LogP contribution in [0, 0.1) is 0 Å². The minimum Gasteiger partial charge on any atom is -0.353 e. The first-order chi connectivity index (χ1) is 6.65. The van der Waals surface area contributed by atoms with E-state index in [-0.39, 0.29) is 17.7 Å². The highest BCUT2D eigenvalue weighted by Gasteiger charge is 2.27. The van der Waals surface area contributed by atoms with Crippen LogP contribution in [0.1, 0.15) is 26.7 Å². The van der Waals surface area contributed by atoms with E-state index >= 15 is 0 Å². The van der Waals surface area contributed by atoms with Crippen molar-refractivity contribution in [2.45, 2.75) is 32.7 Å².